The zero-order chi connectivity index (χ0) is 22.0. The number of hydrogen-bond acceptors (Lipinski definition) is 9. The molecule has 11 heteroatoms. The van der Waals surface area contributed by atoms with Crippen molar-refractivity contribution in [3.05, 3.63) is 23.5 Å². The fourth-order valence-corrected chi connectivity index (χ4v) is 4.22. The second-order valence-corrected chi connectivity index (χ2v) is 7.90. The van der Waals surface area contributed by atoms with Crippen LogP contribution in [0.4, 0.5) is 0 Å². The third-order valence-electron chi connectivity index (χ3n) is 4.45. The molecule has 0 amide bonds. The summed E-state index contributed by atoms with van der Waals surface area (Å²) in [5.41, 5.74) is 1.31. The van der Waals surface area contributed by atoms with E-state index in [2.05, 4.69) is 4.98 Å². The molecule has 1 aromatic carbocycles. The lowest BCUT2D eigenvalue weighted by Gasteiger charge is -2.40. The molecule has 3 rings (SSSR count). The minimum atomic E-state index is -1.07. The van der Waals surface area contributed by atoms with Gasteiger partial charge >= 0.3 is 17.9 Å². The van der Waals surface area contributed by atoms with E-state index in [1.165, 1.54) is 38.9 Å². The highest BCUT2D eigenvalue weighted by Crippen LogP contribution is 2.35. The van der Waals surface area contributed by atoms with E-state index in [1.807, 2.05) is 12.3 Å². The van der Waals surface area contributed by atoms with Crippen molar-refractivity contribution in [3.8, 4) is 0 Å². The molecule has 0 radical (unpaired) electrons. The van der Waals surface area contributed by atoms with Crippen LogP contribution < -0.4 is 0 Å². The lowest BCUT2D eigenvalue weighted by atomic mass is 10.0. The van der Waals surface area contributed by atoms with Gasteiger partial charge in [0.25, 0.3) is 0 Å². The summed E-state index contributed by atoms with van der Waals surface area (Å²) in [4.78, 5) is 40.2. The zero-order valence-electron chi connectivity index (χ0n) is 16.8. The van der Waals surface area contributed by atoms with Crippen molar-refractivity contribution in [2.45, 2.75) is 50.2 Å². The van der Waals surface area contributed by atoms with Gasteiger partial charge in [-0.3, -0.25) is 14.4 Å². The first kappa shape index (κ1) is 22.4. The summed E-state index contributed by atoms with van der Waals surface area (Å²) in [6.07, 6.45) is -0.506. The molecule has 1 saturated heterocycles. The van der Waals surface area contributed by atoms with Gasteiger partial charge in [0.2, 0.25) is 0 Å². The smallest absolute Gasteiger partial charge is 0.303 e. The molecule has 1 aliphatic heterocycles. The van der Waals surface area contributed by atoms with Crippen LogP contribution in [0.25, 0.3) is 11.0 Å². The molecule has 2 aromatic rings. The Hall–Kier alpha value is -2.30. The third kappa shape index (κ3) is 4.71. The molecular formula is C19H21ClN2O7S. The molecule has 0 aliphatic carbocycles. The molecule has 0 spiro atoms. The van der Waals surface area contributed by atoms with Crippen LogP contribution in [0.5, 0.6) is 0 Å². The van der Waals surface area contributed by atoms with Crippen LogP contribution in [0, 0.1) is 0 Å². The Morgan fingerprint density at radius 2 is 1.73 bits per heavy atom. The topological polar surface area (TPSA) is 106 Å². The Labute approximate surface area is 181 Å². The Balaban J connectivity index is 2.06. The van der Waals surface area contributed by atoms with Gasteiger partial charge in [0.05, 0.1) is 29.0 Å². The Morgan fingerprint density at radius 1 is 1.10 bits per heavy atom. The predicted molar refractivity (Wildman–Crippen MR) is 108 cm³/mol. The predicted octanol–water partition coefficient (Wildman–Crippen LogP) is 2.74. The van der Waals surface area contributed by atoms with Crippen LogP contribution in [-0.4, -0.2) is 58.6 Å². The Morgan fingerprint density at radius 3 is 2.33 bits per heavy atom. The fraction of sp³-hybridized carbons (Fsp3) is 0.474. The van der Waals surface area contributed by atoms with Crippen LogP contribution in [0.15, 0.2) is 23.4 Å². The number of thioether (sulfide) groups is 1. The molecule has 2 heterocycles. The van der Waals surface area contributed by atoms with Crippen molar-refractivity contribution >= 4 is 52.3 Å². The molecule has 9 nitrogen and oxygen atoms in total. The van der Waals surface area contributed by atoms with E-state index in [4.69, 9.17) is 30.5 Å². The summed E-state index contributed by atoms with van der Waals surface area (Å²) in [6.45, 7) is 3.62. The molecule has 162 valence electrons. The molecule has 0 N–H and O–H groups in total. The van der Waals surface area contributed by atoms with E-state index in [9.17, 15) is 14.4 Å². The zero-order valence-corrected chi connectivity index (χ0v) is 18.4. The summed E-state index contributed by atoms with van der Waals surface area (Å²) in [7, 11) is 0. The number of benzene rings is 1. The SMILES string of the molecule is CSc1cc2c(cc1Cl)ncn2[C@@H]1OC[C@@H](OC(C)=O)[C@@H](OC(C)=O)[C@H]1OC(C)=O. The van der Waals surface area contributed by atoms with E-state index in [-0.39, 0.29) is 6.61 Å². The number of hydrogen-bond donors (Lipinski definition) is 0. The van der Waals surface area contributed by atoms with E-state index in [1.54, 1.807) is 10.6 Å². The van der Waals surface area contributed by atoms with Gasteiger partial charge in [-0.1, -0.05) is 11.6 Å². The summed E-state index contributed by atoms with van der Waals surface area (Å²) < 4.78 is 23.7. The van der Waals surface area contributed by atoms with Gasteiger partial charge in [-0.05, 0) is 18.4 Å². The number of carbonyl (C=O) groups excluding carboxylic acids is 3. The molecule has 30 heavy (non-hydrogen) atoms. The number of aromatic nitrogens is 2. The lowest BCUT2D eigenvalue weighted by Crippen LogP contribution is -2.55. The van der Waals surface area contributed by atoms with Crippen LogP contribution in [0.3, 0.4) is 0 Å². The molecule has 0 unspecified atom stereocenters. The molecule has 1 fully saturated rings. The van der Waals surface area contributed by atoms with Crippen molar-refractivity contribution in [2.75, 3.05) is 12.9 Å². The number of ether oxygens (including phenoxy) is 4. The minimum absolute atomic E-state index is 0.0669. The number of imidazole rings is 1. The summed E-state index contributed by atoms with van der Waals surface area (Å²) >= 11 is 7.74. The fourth-order valence-electron chi connectivity index (χ4n) is 3.35. The summed E-state index contributed by atoms with van der Waals surface area (Å²) in [6, 6.07) is 3.58. The number of nitrogens with zero attached hydrogens (tertiary/aromatic N) is 2. The van der Waals surface area contributed by atoms with Crippen molar-refractivity contribution in [3.63, 3.8) is 0 Å². The molecular weight excluding hydrogens is 436 g/mol. The number of carbonyl (C=O) groups is 3. The van der Waals surface area contributed by atoms with E-state index in [0.29, 0.717) is 16.1 Å². The monoisotopic (exact) mass is 456 g/mol. The second-order valence-electron chi connectivity index (χ2n) is 6.65. The minimum Gasteiger partial charge on any atom is -0.456 e. The van der Waals surface area contributed by atoms with Gasteiger partial charge in [0.15, 0.2) is 24.5 Å². The molecule has 0 bridgehead atoms. The average molecular weight is 457 g/mol. The van der Waals surface area contributed by atoms with Crippen LogP contribution >= 0.6 is 23.4 Å². The summed E-state index contributed by atoms with van der Waals surface area (Å²) in [5, 5.41) is 0.564. The maximum Gasteiger partial charge on any atom is 0.303 e. The molecule has 0 saturated carbocycles. The lowest BCUT2D eigenvalue weighted by molar-refractivity contribution is -0.239. The highest BCUT2D eigenvalue weighted by molar-refractivity contribution is 7.98. The van der Waals surface area contributed by atoms with Crippen molar-refractivity contribution in [1.29, 1.82) is 0 Å². The molecule has 1 aliphatic rings. The van der Waals surface area contributed by atoms with E-state index >= 15 is 0 Å². The Kier molecular flexibility index (Phi) is 6.89. The number of rotatable bonds is 5. The summed E-state index contributed by atoms with van der Waals surface area (Å²) in [5.74, 6) is -1.79. The number of halogens is 1. The largest absolute Gasteiger partial charge is 0.456 e. The van der Waals surface area contributed by atoms with E-state index in [0.717, 1.165) is 4.90 Å². The van der Waals surface area contributed by atoms with Gasteiger partial charge < -0.3 is 23.5 Å². The van der Waals surface area contributed by atoms with E-state index < -0.39 is 42.4 Å². The van der Waals surface area contributed by atoms with Gasteiger partial charge in [-0.2, -0.15) is 0 Å². The van der Waals surface area contributed by atoms with Crippen molar-refractivity contribution in [2.24, 2.45) is 0 Å². The average Bonchev–Trinajstić information content (AvgIpc) is 3.05. The quantitative estimate of drug-likeness (QED) is 0.381. The first-order chi connectivity index (χ1) is 14.2. The second kappa shape index (κ2) is 9.23. The van der Waals surface area contributed by atoms with Gasteiger partial charge in [0.1, 0.15) is 0 Å². The van der Waals surface area contributed by atoms with Crippen LogP contribution in [-0.2, 0) is 33.3 Å². The number of fused-ring (bicyclic) bond motifs is 1. The maximum absolute atomic E-state index is 11.8. The number of esters is 3. The first-order valence-electron chi connectivity index (χ1n) is 9.04. The third-order valence-corrected chi connectivity index (χ3v) is 5.65. The van der Waals surface area contributed by atoms with Crippen molar-refractivity contribution in [1.82, 2.24) is 9.55 Å². The standard InChI is InChI=1S/C19H21ClN2O7S/c1-9(23)27-15-7-26-19(18(29-11(3)25)17(15)28-10(2)24)22-8-21-13-5-12(20)16(30-4)6-14(13)22/h5-6,8,15,17-19H,7H2,1-4H3/t15-,17-,18-,19-/m1/s1. The Bertz CT molecular complexity index is 979. The normalized spacial score (nSPS) is 23.8. The van der Waals surface area contributed by atoms with Crippen LogP contribution in [0.2, 0.25) is 5.02 Å². The van der Waals surface area contributed by atoms with Gasteiger partial charge in [-0.25, -0.2) is 4.98 Å². The first-order valence-corrected chi connectivity index (χ1v) is 10.6. The van der Waals surface area contributed by atoms with Crippen molar-refractivity contribution < 1.29 is 33.3 Å². The maximum atomic E-state index is 11.8. The van der Waals surface area contributed by atoms with Gasteiger partial charge in [0, 0.05) is 25.7 Å². The van der Waals surface area contributed by atoms with Crippen LogP contribution in [0.1, 0.15) is 27.0 Å². The molecule has 4 atom stereocenters. The highest BCUT2D eigenvalue weighted by Gasteiger charge is 2.48. The molecule has 1 aromatic heterocycles. The highest BCUT2D eigenvalue weighted by atomic mass is 35.5. The van der Waals surface area contributed by atoms with Gasteiger partial charge in [-0.15, -0.1) is 11.8 Å².